The zero-order valence-electron chi connectivity index (χ0n) is 16.6. The van der Waals surface area contributed by atoms with E-state index in [0.29, 0.717) is 12.1 Å². The Kier molecular flexibility index (Phi) is 5.57. The van der Waals surface area contributed by atoms with Crippen LogP contribution in [0.4, 0.5) is 4.39 Å². The first-order chi connectivity index (χ1) is 14.1. The van der Waals surface area contributed by atoms with Gasteiger partial charge in [-0.3, -0.25) is 4.79 Å². The summed E-state index contributed by atoms with van der Waals surface area (Å²) in [6.45, 7) is 0.573. The highest BCUT2D eigenvalue weighted by Gasteiger charge is 2.17. The van der Waals surface area contributed by atoms with E-state index < -0.39 is 5.82 Å². The molecule has 0 N–H and O–H groups in total. The Bertz CT molecular complexity index is 1020. The summed E-state index contributed by atoms with van der Waals surface area (Å²) in [6.07, 6.45) is 5.03. The van der Waals surface area contributed by atoms with E-state index in [1.165, 1.54) is 40.0 Å². The number of benzene rings is 3. The molecule has 29 heavy (non-hydrogen) atoms. The number of halogens is 1. The quantitative estimate of drug-likeness (QED) is 0.579. The van der Waals surface area contributed by atoms with Crippen LogP contribution in [0.25, 0.3) is 5.57 Å². The molecule has 0 aliphatic heterocycles. The fraction of sp³-hybridized carbons (Fsp3) is 0.192. The van der Waals surface area contributed by atoms with Crippen molar-refractivity contribution in [1.82, 2.24) is 4.90 Å². The molecule has 0 saturated carbocycles. The summed E-state index contributed by atoms with van der Waals surface area (Å²) in [6, 6.07) is 23.0. The Hall–Kier alpha value is -3.20. The van der Waals surface area contributed by atoms with Crippen LogP contribution in [0.15, 0.2) is 78.9 Å². The molecule has 3 heteroatoms. The third-order valence-electron chi connectivity index (χ3n) is 5.51. The molecule has 0 spiro atoms. The molecular weight excluding hydrogens is 361 g/mol. The van der Waals surface area contributed by atoms with Gasteiger partial charge >= 0.3 is 0 Å². The Labute approximate surface area is 171 Å². The molecule has 0 heterocycles. The van der Waals surface area contributed by atoms with E-state index >= 15 is 0 Å². The standard InChI is InChI=1S/C26H24FNO/c1-28(26(29)21-10-6-11-22(27)18-21)17-7-14-25-23-12-4-2-8-19(23)15-16-20-9-3-5-13-24(20)25/h2-6,8-14,18H,7,15-17H2,1H3. The van der Waals surface area contributed by atoms with Crippen LogP contribution in [0.1, 0.15) is 39.0 Å². The molecule has 2 nitrogen and oxygen atoms in total. The van der Waals surface area contributed by atoms with Gasteiger partial charge in [0.15, 0.2) is 0 Å². The molecule has 0 fully saturated rings. The predicted octanol–water partition coefficient (Wildman–Crippen LogP) is 5.52. The first-order valence-corrected chi connectivity index (χ1v) is 10.0. The number of amides is 1. The number of rotatable bonds is 4. The van der Waals surface area contributed by atoms with Crippen molar-refractivity contribution in [3.05, 3.63) is 113 Å². The van der Waals surface area contributed by atoms with E-state index in [4.69, 9.17) is 0 Å². The Balaban J connectivity index is 1.57. The minimum atomic E-state index is -0.391. The maximum atomic E-state index is 13.4. The van der Waals surface area contributed by atoms with E-state index in [2.05, 4.69) is 54.6 Å². The van der Waals surface area contributed by atoms with Gasteiger partial charge < -0.3 is 4.90 Å². The first kappa shape index (κ1) is 19.1. The van der Waals surface area contributed by atoms with E-state index in [0.717, 1.165) is 19.3 Å². The maximum absolute atomic E-state index is 13.4. The summed E-state index contributed by atoms with van der Waals surface area (Å²) < 4.78 is 13.4. The lowest BCUT2D eigenvalue weighted by Crippen LogP contribution is -2.27. The Morgan fingerprint density at radius 1 is 0.931 bits per heavy atom. The van der Waals surface area contributed by atoms with E-state index in [1.807, 2.05) is 0 Å². The van der Waals surface area contributed by atoms with Gasteiger partial charge in [-0.1, -0.05) is 60.7 Å². The lowest BCUT2D eigenvalue weighted by molar-refractivity contribution is 0.0797. The number of carbonyl (C=O) groups excluding carboxylic acids is 1. The molecule has 0 saturated heterocycles. The fourth-order valence-corrected chi connectivity index (χ4v) is 3.98. The molecular formula is C26H24FNO. The highest BCUT2D eigenvalue weighted by molar-refractivity contribution is 5.94. The summed E-state index contributed by atoms with van der Waals surface area (Å²) >= 11 is 0. The van der Waals surface area contributed by atoms with Gasteiger partial charge in [0.1, 0.15) is 5.82 Å². The van der Waals surface area contributed by atoms with Crippen LogP contribution < -0.4 is 0 Å². The van der Waals surface area contributed by atoms with Gasteiger partial charge in [0.05, 0.1) is 0 Å². The molecule has 3 aromatic carbocycles. The molecule has 0 bridgehead atoms. The van der Waals surface area contributed by atoms with Gasteiger partial charge in [-0.15, -0.1) is 0 Å². The number of hydrogen-bond acceptors (Lipinski definition) is 1. The lowest BCUT2D eigenvalue weighted by atomic mass is 9.93. The van der Waals surface area contributed by atoms with Crippen LogP contribution in [0.2, 0.25) is 0 Å². The number of nitrogens with zero attached hydrogens (tertiary/aromatic N) is 1. The van der Waals surface area contributed by atoms with Crippen LogP contribution in [-0.2, 0) is 12.8 Å². The monoisotopic (exact) mass is 385 g/mol. The van der Waals surface area contributed by atoms with Gasteiger partial charge in [0, 0.05) is 19.2 Å². The molecule has 1 amide bonds. The van der Waals surface area contributed by atoms with Crippen LogP contribution in [0, 0.1) is 5.82 Å². The van der Waals surface area contributed by atoms with E-state index in [1.54, 1.807) is 24.1 Å². The van der Waals surface area contributed by atoms with Crippen molar-refractivity contribution in [3.8, 4) is 0 Å². The van der Waals surface area contributed by atoms with Gasteiger partial charge in [-0.2, -0.15) is 0 Å². The highest BCUT2D eigenvalue weighted by Crippen LogP contribution is 2.33. The van der Waals surface area contributed by atoms with Crippen molar-refractivity contribution < 1.29 is 9.18 Å². The second-order valence-electron chi connectivity index (χ2n) is 7.46. The number of aryl methyl sites for hydroxylation is 2. The molecule has 0 aromatic heterocycles. The van der Waals surface area contributed by atoms with Crippen molar-refractivity contribution in [1.29, 1.82) is 0 Å². The Morgan fingerprint density at radius 2 is 1.55 bits per heavy atom. The van der Waals surface area contributed by atoms with Crippen molar-refractivity contribution in [2.24, 2.45) is 0 Å². The smallest absolute Gasteiger partial charge is 0.253 e. The third-order valence-corrected chi connectivity index (χ3v) is 5.51. The van der Waals surface area contributed by atoms with Crippen molar-refractivity contribution >= 4 is 11.5 Å². The molecule has 0 unspecified atom stereocenters. The lowest BCUT2D eigenvalue weighted by Gasteiger charge is -2.17. The molecule has 1 aliphatic carbocycles. The summed E-state index contributed by atoms with van der Waals surface area (Å²) in [5.41, 5.74) is 6.89. The van der Waals surface area contributed by atoms with E-state index in [9.17, 15) is 9.18 Å². The predicted molar refractivity (Wildman–Crippen MR) is 115 cm³/mol. The second-order valence-corrected chi connectivity index (χ2v) is 7.46. The van der Waals surface area contributed by atoms with Gasteiger partial charge in [0.25, 0.3) is 5.91 Å². The van der Waals surface area contributed by atoms with Crippen LogP contribution in [0.5, 0.6) is 0 Å². The summed E-state index contributed by atoms with van der Waals surface area (Å²) in [7, 11) is 1.76. The topological polar surface area (TPSA) is 20.3 Å². The Morgan fingerprint density at radius 3 is 2.17 bits per heavy atom. The molecule has 3 aromatic rings. The van der Waals surface area contributed by atoms with Crippen molar-refractivity contribution in [3.63, 3.8) is 0 Å². The minimum Gasteiger partial charge on any atom is -0.341 e. The van der Waals surface area contributed by atoms with Crippen molar-refractivity contribution in [2.45, 2.75) is 19.3 Å². The summed E-state index contributed by atoms with van der Waals surface area (Å²) in [4.78, 5) is 14.2. The minimum absolute atomic E-state index is 0.162. The highest BCUT2D eigenvalue weighted by atomic mass is 19.1. The fourth-order valence-electron chi connectivity index (χ4n) is 3.98. The second kappa shape index (κ2) is 8.44. The first-order valence-electron chi connectivity index (χ1n) is 10.0. The van der Waals surface area contributed by atoms with Gasteiger partial charge in [0.2, 0.25) is 0 Å². The number of fused-ring (bicyclic) bond motifs is 2. The van der Waals surface area contributed by atoms with E-state index in [-0.39, 0.29) is 5.91 Å². The molecule has 0 atom stereocenters. The van der Waals surface area contributed by atoms with Crippen LogP contribution in [-0.4, -0.2) is 24.4 Å². The third kappa shape index (κ3) is 4.14. The zero-order chi connectivity index (χ0) is 20.2. The average molecular weight is 385 g/mol. The maximum Gasteiger partial charge on any atom is 0.253 e. The summed E-state index contributed by atoms with van der Waals surface area (Å²) in [5, 5.41) is 0. The summed E-state index contributed by atoms with van der Waals surface area (Å²) in [5.74, 6) is -0.553. The largest absolute Gasteiger partial charge is 0.341 e. The SMILES string of the molecule is CN(CCC=C1c2ccccc2CCc2ccccc21)C(=O)c1cccc(F)c1. The number of carbonyl (C=O) groups is 1. The zero-order valence-corrected chi connectivity index (χ0v) is 16.6. The molecule has 146 valence electrons. The van der Waals surface area contributed by atoms with Crippen LogP contribution >= 0.6 is 0 Å². The molecule has 0 radical (unpaired) electrons. The van der Waals surface area contributed by atoms with Gasteiger partial charge in [-0.05, 0) is 65.3 Å². The average Bonchev–Trinajstić information content (AvgIpc) is 2.90. The number of hydrogen-bond donors (Lipinski definition) is 0. The van der Waals surface area contributed by atoms with Gasteiger partial charge in [-0.25, -0.2) is 4.39 Å². The normalized spacial score (nSPS) is 12.6. The van der Waals surface area contributed by atoms with Crippen LogP contribution in [0.3, 0.4) is 0 Å². The van der Waals surface area contributed by atoms with Crippen molar-refractivity contribution in [2.75, 3.05) is 13.6 Å². The molecule has 1 aliphatic rings. The molecule has 4 rings (SSSR count).